The first-order valence-electron chi connectivity index (χ1n) is 13.6. The first kappa shape index (κ1) is 33.4. The Bertz CT molecular complexity index is 1570. The predicted octanol–water partition coefficient (Wildman–Crippen LogP) is 7.89. The van der Waals surface area contributed by atoms with Crippen molar-refractivity contribution in [3.8, 4) is 0 Å². The van der Waals surface area contributed by atoms with Gasteiger partial charge >= 0.3 is 12.1 Å². The number of hydroxylamine groups is 2. The smallest absolute Gasteiger partial charge is 0.315 e. The van der Waals surface area contributed by atoms with Gasteiger partial charge in [-0.15, -0.1) is 0 Å². The van der Waals surface area contributed by atoms with E-state index in [0.29, 0.717) is 54.9 Å². The van der Waals surface area contributed by atoms with Crippen LogP contribution in [0.1, 0.15) is 38.7 Å². The molecule has 0 spiro atoms. The highest BCUT2D eigenvalue weighted by molar-refractivity contribution is 6.36. The quantitative estimate of drug-likeness (QED) is 0.0874. The molecule has 5 amide bonds. The van der Waals surface area contributed by atoms with Crippen LogP contribution in [0, 0.1) is 0 Å². The number of urea groups is 2. The summed E-state index contributed by atoms with van der Waals surface area (Å²) in [6, 6.07) is 16.7. The molecule has 3 aromatic carbocycles. The van der Waals surface area contributed by atoms with Crippen LogP contribution in [0.25, 0.3) is 0 Å². The van der Waals surface area contributed by atoms with Gasteiger partial charge in [-0.1, -0.05) is 64.6 Å². The average molecular weight is 680 g/mol. The molecule has 3 aromatic rings. The lowest BCUT2D eigenvalue weighted by Gasteiger charge is -2.38. The molecule has 1 aliphatic heterocycles. The largest absolute Gasteiger partial charge is 0.347 e. The number of nitrogens with one attached hydrogen (secondary N) is 2. The first-order valence-corrected chi connectivity index (χ1v) is 15.1. The SMILES string of the molecule is CC1(C)[C@@H](N(O)C(=O)Nc2cccc(Cl)c2)N(c2cccc(Cl)c2)C(=O)N1CCCCC(=O)N/N=C/c1ccc(Cl)cc1Cl. The minimum absolute atomic E-state index is 0.156. The number of nitrogens with zero attached hydrogens (tertiary/aromatic N) is 4. The lowest BCUT2D eigenvalue weighted by atomic mass is 9.99. The lowest BCUT2D eigenvalue weighted by molar-refractivity contribution is -0.121. The maximum absolute atomic E-state index is 13.8. The third-order valence-corrected chi connectivity index (χ3v) is 8.03. The minimum Gasteiger partial charge on any atom is -0.315 e. The van der Waals surface area contributed by atoms with Gasteiger partial charge in [-0.3, -0.25) is 14.9 Å². The van der Waals surface area contributed by atoms with Crippen LogP contribution in [0.2, 0.25) is 20.1 Å². The van der Waals surface area contributed by atoms with E-state index in [1.54, 1.807) is 79.4 Å². The molecule has 232 valence electrons. The van der Waals surface area contributed by atoms with Crippen molar-refractivity contribution in [1.29, 1.82) is 0 Å². The van der Waals surface area contributed by atoms with Gasteiger partial charge in [0.2, 0.25) is 5.91 Å². The molecule has 1 fully saturated rings. The fourth-order valence-electron chi connectivity index (χ4n) is 4.86. The average Bonchev–Trinajstić information content (AvgIpc) is 3.16. The van der Waals surface area contributed by atoms with Crippen LogP contribution in [0.5, 0.6) is 0 Å². The first-order chi connectivity index (χ1) is 20.9. The molecule has 3 N–H and O–H groups in total. The van der Waals surface area contributed by atoms with E-state index in [1.807, 2.05) is 0 Å². The Morgan fingerprint density at radius 1 is 0.977 bits per heavy atom. The van der Waals surface area contributed by atoms with E-state index in [-0.39, 0.29) is 18.9 Å². The molecule has 0 bridgehead atoms. The highest BCUT2D eigenvalue weighted by atomic mass is 35.5. The fraction of sp³-hybridized carbons (Fsp3) is 0.267. The van der Waals surface area contributed by atoms with Gasteiger partial charge in [-0.25, -0.2) is 15.0 Å². The summed E-state index contributed by atoms with van der Waals surface area (Å²) in [5, 5.41) is 19.9. The Morgan fingerprint density at radius 2 is 1.66 bits per heavy atom. The van der Waals surface area contributed by atoms with Gasteiger partial charge in [0.1, 0.15) is 0 Å². The Labute approximate surface area is 275 Å². The van der Waals surface area contributed by atoms with Crippen molar-refractivity contribution in [2.75, 3.05) is 16.8 Å². The van der Waals surface area contributed by atoms with Crippen molar-refractivity contribution >= 4 is 82.0 Å². The van der Waals surface area contributed by atoms with E-state index in [4.69, 9.17) is 46.4 Å². The predicted molar refractivity (Wildman–Crippen MR) is 174 cm³/mol. The number of benzene rings is 3. The summed E-state index contributed by atoms with van der Waals surface area (Å²) in [6.45, 7) is 3.75. The summed E-state index contributed by atoms with van der Waals surface area (Å²) in [6.07, 6.45) is 1.36. The van der Waals surface area contributed by atoms with Crippen molar-refractivity contribution in [2.24, 2.45) is 5.10 Å². The molecule has 1 atom stereocenters. The van der Waals surface area contributed by atoms with Gasteiger partial charge in [0, 0.05) is 45.0 Å². The van der Waals surface area contributed by atoms with E-state index in [1.165, 1.54) is 17.2 Å². The monoisotopic (exact) mass is 678 g/mol. The number of rotatable bonds is 10. The molecule has 0 aliphatic carbocycles. The van der Waals surface area contributed by atoms with Crippen molar-refractivity contribution in [3.63, 3.8) is 0 Å². The molecule has 14 heteroatoms. The third-order valence-electron chi connectivity index (χ3n) is 7.00. The van der Waals surface area contributed by atoms with Crippen molar-refractivity contribution in [2.45, 2.75) is 44.8 Å². The zero-order chi connectivity index (χ0) is 32.0. The second-order valence-electron chi connectivity index (χ2n) is 10.5. The highest BCUT2D eigenvalue weighted by Crippen LogP contribution is 2.39. The molecule has 1 heterocycles. The molecule has 0 saturated carbocycles. The molecule has 0 aromatic heterocycles. The number of halogens is 4. The fourth-order valence-corrected chi connectivity index (χ4v) is 5.69. The maximum atomic E-state index is 13.8. The molecule has 4 rings (SSSR count). The topological polar surface area (TPSA) is 118 Å². The van der Waals surface area contributed by atoms with Crippen molar-refractivity contribution in [1.82, 2.24) is 15.4 Å². The minimum atomic E-state index is -1.13. The van der Waals surface area contributed by atoms with Gasteiger partial charge in [-0.2, -0.15) is 10.2 Å². The molecule has 0 unspecified atom stereocenters. The normalized spacial score (nSPS) is 16.0. The number of amides is 5. The van der Waals surface area contributed by atoms with E-state index in [9.17, 15) is 19.6 Å². The highest BCUT2D eigenvalue weighted by Gasteiger charge is 2.55. The van der Waals surface area contributed by atoms with Gasteiger partial charge in [0.15, 0.2) is 6.17 Å². The van der Waals surface area contributed by atoms with Crippen LogP contribution in [-0.2, 0) is 4.79 Å². The van der Waals surface area contributed by atoms with Crippen molar-refractivity contribution in [3.05, 3.63) is 92.4 Å². The Kier molecular flexibility index (Phi) is 11.0. The molecule has 10 nitrogen and oxygen atoms in total. The molecule has 0 radical (unpaired) electrons. The van der Waals surface area contributed by atoms with Crippen LogP contribution in [-0.4, -0.2) is 57.6 Å². The molecular weight excluding hydrogens is 650 g/mol. The van der Waals surface area contributed by atoms with Crippen LogP contribution < -0.4 is 15.6 Å². The molecule has 44 heavy (non-hydrogen) atoms. The van der Waals surface area contributed by atoms with Crippen molar-refractivity contribution < 1.29 is 19.6 Å². The van der Waals surface area contributed by atoms with Gasteiger partial charge < -0.3 is 10.2 Å². The number of carbonyl (C=O) groups is 3. The summed E-state index contributed by atoms with van der Waals surface area (Å²) in [5.41, 5.74) is 2.77. The second-order valence-corrected chi connectivity index (χ2v) is 12.2. The van der Waals surface area contributed by atoms with E-state index in [2.05, 4.69) is 15.8 Å². The number of hydrogen-bond donors (Lipinski definition) is 3. The second kappa shape index (κ2) is 14.5. The zero-order valence-electron chi connectivity index (χ0n) is 23.8. The number of carbonyl (C=O) groups excluding carboxylic acids is 3. The van der Waals surface area contributed by atoms with Gasteiger partial charge in [0.25, 0.3) is 0 Å². The van der Waals surface area contributed by atoms with Gasteiger partial charge in [0.05, 0.1) is 16.8 Å². The number of unbranched alkanes of at least 4 members (excludes halogenated alkanes) is 1. The standard InChI is InChI=1S/C30H30Cl4N6O4/c1-30(2)27(40(44)28(42)36-23-9-5-7-20(31)15-23)39(24-10-6-8-21(32)16-24)29(43)38(30)14-4-3-11-26(41)37-35-18-19-12-13-22(33)17-25(19)34/h5-10,12-13,15-18,27,44H,3-4,11,14H2,1-2H3,(H,36,42)(H,37,41)/b35-18+/t27-/m1/s1. The van der Waals surface area contributed by atoms with E-state index >= 15 is 0 Å². The summed E-state index contributed by atoms with van der Waals surface area (Å²) in [4.78, 5) is 42.2. The molecular formula is C30H30Cl4N6O4. The summed E-state index contributed by atoms with van der Waals surface area (Å²) in [5.74, 6) is -0.309. The number of hydrogen-bond acceptors (Lipinski definition) is 5. The Morgan fingerprint density at radius 3 is 2.34 bits per heavy atom. The van der Waals surface area contributed by atoms with E-state index in [0.717, 1.165) is 0 Å². The zero-order valence-corrected chi connectivity index (χ0v) is 26.8. The summed E-state index contributed by atoms with van der Waals surface area (Å²) < 4.78 is 0. The van der Waals surface area contributed by atoms with E-state index < -0.39 is 23.8 Å². The Balaban J connectivity index is 1.43. The third kappa shape index (κ3) is 7.94. The molecule has 1 saturated heterocycles. The Hall–Kier alpha value is -3.54. The number of hydrazone groups is 1. The van der Waals surface area contributed by atoms with Gasteiger partial charge in [-0.05, 0) is 75.2 Å². The maximum Gasteiger partial charge on any atom is 0.347 e. The number of anilines is 2. The summed E-state index contributed by atoms with van der Waals surface area (Å²) in [7, 11) is 0. The lowest BCUT2D eigenvalue weighted by Crippen LogP contribution is -2.58. The van der Waals surface area contributed by atoms with Crippen LogP contribution in [0.3, 0.4) is 0 Å². The van der Waals surface area contributed by atoms with Crippen LogP contribution >= 0.6 is 46.4 Å². The van der Waals surface area contributed by atoms with Crippen LogP contribution in [0.4, 0.5) is 21.0 Å². The summed E-state index contributed by atoms with van der Waals surface area (Å²) >= 11 is 24.3. The van der Waals surface area contributed by atoms with Crippen LogP contribution in [0.15, 0.2) is 71.8 Å². The molecule has 1 aliphatic rings.